The highest BCUT2D eigenvalue weighted by atomic mass is 79.9. The van der Waals surface area contributed by atoms with Gasteiger partial charge in [0.05, 0.1) is 5.33 Å². The molecule has 1 aliphatic heterocycles. The fraction of sp³-hybridized carbons (Fsp3) is 0.778. The third-order valence-corrected chi connectivity index (χ3v) is 3.26. The Morgan fingerprint density at radius 2 is 2.21 bits per heavy atom. The number of carbonyl (C=O) groups excluding carboxylic acids is 1. The number of piperidine rings is 1. The molecule has 1 heterocycles. The first-order valence-corrected chi connectivity index (χ1v) is 5.76. The van der Waals surface area contributed by atoms with Crippen molar-refractivity contribution in [3.63, 3.8) is 0 Å². The fourth-order valence-electron chi connectivity index (χ4n) is 1.86. The third kappa shape index (κ3) is 2.47. The second kappa shape index (κ2) is 4.77. The predicted molar refractivity (Wildman–Crippen MR) is 55.7 cm³/mol. The minimum Gasteiger partial charge on any atom is -0.465 e. The molecule has 1 saturated heterocycles. The summed E-state index contributed by atoms with van der Waals surface area (Å²) in [5.41, 5.74) is 0. The van der Waals surface area contributed by atoms with E-state index in [1.54, 1.807) is 0 Å². The van der Waals surface area contributed by atoms with Crippen molar-refractivity contribution in [2.45, 2.75) is 25.8 Å². The monoisotopic (exact) mass is 263 g/mol. The highest BCUT2D eigenvalue weighted by Gasteiger charge is 2.31. The number of hydrogen-bond acceptors (Lipinski definition) is 2. The zero-order valence-electron chi connectivity index (χ0n) is 8.07. The van der Waals surface area contributed by atoms with Gasteiger partial charge in [0.2, 0.25) is 0 Å². The van der Waals surface area contributed by atoms with E-state index < -0.39 is 6.09 Å². The molecule has 0 aromatic heterocycles. The van der Waals surface area contributed by atoms with Gasteiger partial charge in [-0.15, -0.1) is 0 Å². The van der Waals surface area contributed by atoms with Crippen LogP contribution in [0, 0.1) is 5.92 Å². The molecule has 0 aromatic carbocycles. The van der Waals surface area contributed by atoms with Gasteiger partial charge in [-0.25, -0.2) is 4.79 Å². The molecule has 0 spiro atoms. The van der Waals surface area contributed by atoms with Gasteiger partial charge in [-0.05, 0) is 19.8 Å². The van der Waals surface area contributed by atoms with Crippen LogP contribution in [-0.2, 0) is 4.79 Å². The van der Waals surface area contributed by atoms with E-state index in [4.69, 9.17) is 5.11 Å². The van der Waals surface area contributed by atoms with Gasteiger partial charge in [-0.3, -0.25) is 4.79 Å². The number of nitrogens with zero attached hydrogens (tertiary/aromatic N) is 1. The fourth-order valence-corrected chi connectivity index (χ4v) is 2.32. The summed E-state index contributed by atoms with van der Waals surface area (Å²) < 4.78 is 0. The largest absolute Gasteiger partial charge is 0.465 e. The first-order chi connectivity index (χ1) is 6.56. The number of amides is 1. The molecule has 2 atom stereocenters. The Morgan fingerprint density at radius 1 is 1.57 bits per heavy atom. The van der Waals surface area contributed by atoms with Crippen LogP contribution < -0.4 is 0 Å². The first-order valence-electron chi connectivity index (χ1n) is 4.64. The Bertz CT molecular complexity index is 244. The number of Topliss-reactive ketones (excluding diaryl/α,β-unsaturated/α-hetero) is 1. The minimum absolute atomic E-state index is 0.0278. The van der Waals surface area contributed by atoms with E-state index in [0.717, 1.165) is 0 Å². The van der Waals surface area contributed by atoms with Gasteiger partial charge in [-0.1, -0.05) is 15.9 Å². The SMILES string of the molecule is CC1CC(C(=O)CBr)CCN1C(=O)O. The maximum atomic E-state index is 11.4. The van der Waals surface area contributed by atoms with Gasteiger partial charge in [-0.2, -0.15) is 0 Å². The summed E-state index contributed by atoms with van der Waals surface area (Å²) in [7, 11) is 0. The van der Waals surface area contributed by atoms with E-state index in [1.807, 2.05) is 6.92 Å². The van der Waals surface area contributed by atoms with Gasteiger partial charge in [0, 0.05) is 18.5 Å². The van der Waals surface area contributed by atoms with E-state index in [1.165, 1.54) is 4.90 Å². The van der Waals surface area contributed by atoms with E-state index in [-0.39, 0.29) is 17.7 Å². The molecular formula is C9H14BrNO3. The number of ketones is 1. The zero-order valence-corrected chi connectivity index (χ0v) is 9.66. The standard InChI is InChI=1S/C9H14BrNO3/c1-6-4-7(8(12)5-10)2-3-11(6)9(13)14/h6-7H,2-5H2,1H3,(H,13,14). The summed E-state index contributed by atoms with van der Waals surface area (Å²) in [6, 6.07) is -0.0470. The van der Waals surface area contributed by atoms with Crippen molar-refractivity contribution in [2.75, 3.05) is 11.9 Å². The van der Waals surface area contributed by atoms with Crippen molar-refractivity contribution >= 4 is 27.8 Å². The highest BCUT2D eigenvalue weighted by molar-refractivity contribution is 9.09. The average molecular weight is 264 g/mol. The lowest BCUT2D eigenvalue weighted by atomic mass is 9.89. The number of carbonyl (C=O) groups is 2. The van der Waals surface area contributed by atoms with Crippen LogP contribution in [0.4, 0.5) is 4.79 Å². The Balaban J connectivity index is 2.55. The van der Waals surface area contributed by atoms with E-state index >= 15 is 0 Å². The number of halogens is 1. The van der Waals surface area contributed by atoms with Gasteiger partial charge >= 0.3 is 6.09 Å². The number of rotatable bonds is 2. The number of hydrogen-bond donors (Lipinski definition) is 1. The molecule has 1 rings (SSSR count). The molecular weight excluding hydrogens is 250 g/mol. The third-order valence-electron chi connectivity index (χ3n) is 2.71. The molecule has 1 aliphatic rings. The van der Waals surface area contributed by atoms with Crippen LogP contribution in [0.2, 0.25) is 0 Å². The second-order valence-corrected chi connectivity index (χ2v) is 4.21. The lowest BCUT2D eigenvalue weighted by molar-refractivity contribution is -0.122. The summed E-state index contributed by atoms with van der Waals surface area (Å²) in [4.78, 5) is 23.5. The Kier molecular flexibility index (Phi) is 3.92. The van der Waals surface area contributed by atoms with Crippen LogP contribution in [-0.4, -0.2) is 39.8 Å². The maximum Gasteiger partial charge on any atom is 0.407 e. The first kappa shape index (κ1) is 11.5. The average Bonchev–Trinajstić information content (AvgIpc) is 2.15. The maximum absolute atomic E-state index is 11.4. The van der Waals surface area contributed by atoms with Crippen molar-refractivity contribution in [2.24, 2.45) is 5.92 Å². The van der Waals surface area contributed by atoms with E-state index in [2.05, 4.69) is 15.9 Å². The summed E-state index contributed by atoms with van der Waals surface area (Å²) in [6.07, 6.45) is 0.417. The molecule has 0 saturated carbocycles. The van der Waals surface area contributed by atoms with Crippen molar-refractivity contribution in [1.82, 2.24) is 4.90 Å². The van der Waals surface area contributed by atoms with Crippen LogP contribution in [0.1, 0.15) is 19.8 Å². The molecule has 0 aromatic rings. The van der Waals surface area contributed by atoms with Gasteiger partial charge < -0.3 is 10.0 Å². The molecule has 0 radical (unpaired) electrons. The Labute approximate surface area is 91.4 Å². The zero-order chi connectivity index (χ0) is 10.7. The normalized spacial score (nSPS) is 27.4. The van der Waals surface area contributed by atoms with Crippen LogP contribution in [0.5, 0.6) is 0 Å². The molecule has 1 N–H and O–H groups in total. The Morgan fingerprint density at radius 3 is 2.64 bits per heavy atom. The number of likely N-dealkylation sites (tertiary alicyclic amines) is 1. The van der Waals surface area contributed by atoms with Gasteiger partial charge in [0.15, 0.2) is 0 Å². The lowest BCUT2D eigenvalue weighted by Crippen LogP contribution is -2.45. The van der Waals surface area contributed by atoms with E-state index in [0.29, 0.717) is 24.7 Å². The quantitative estimate of drug-likeness (QED) is 0.773. The van der Waals surface area contributed by atoms with Crippen molar-refractivity contribution < 1.29 is 14.7 Å². The van der Waals surface area contributed by atoms with Crippen LogP contribution in [0.25, 0.3) is 0 Å². The molecule has 2 unspecified atom stereocenters. The van der Waals surface area contributed by atoms with Crippen molar-refractivity contribution in [3.8, 4) is 0 Å². The van der Waals surface area contributed by atoms with Crippen LogP contribution in [0.15, 0.2) is 0 Å². The predicted octanol–water partition coefficient (Wildman–Crippen LogP) is 1.73. The van der Waals surface area contributed by atoms with Crippen molar-refractivity contribution in [3.05, 3.63) is 0 Å². The number of carboxylic acid groups (broad SMARTS) is 1. The summed E-state index contributed by atoms with van der Waals surface area (Å²) in [5.74, 6) is 0.210. The molecule has 1 amide bonds. The number of alkyl halides is 1. The molecule has 0 bridgehead atoms. The topological polar surface area (TPSA) is 57.6 Å². The Hall–Kier alpha value is -0.580. The summed E-state index contributed by atoms with van der Waals surface area (Å²) >= 11 is 3.13. The second-order valence-electron chi connectivity index (χ2n) is 3.65. The molecule has 4 nitrogen and oxygen atoms in total. The molecule has 14 heavy (non-hydrogen) atoms. The molecule has 5 heteroatoms. The van der Waals surface area contributed by atoms with Crippen molar-refractivity contribution in [1.29, 1.82) is 0 Å². The van der Waals surface area contributed by atoms with Gasteiger partial charge in [0.1, 0.15) is 5.78 Å². The molecule has 1 fully saturated rings. The van der Waals surface area contributed by atoms with Gasteiger partial charge in [0.25, 0.3) is 0 Å². The smallest absolute Gasteiger partial charge is 0.407 e. The minimum atomic E-state index is -0.887. The summed E-state index contributed by atoms with van der Waals surface area (Å²) in [6.45, 7) is 2.32. The summed E-state index contributed by atoms with van der Waals surface area (Å²) in [5, 5.41) is 9.19. The van der Waals surface area contributed by atoms with Crippen LogP contribution in [0.3, 0.4) is 0 Å². The molecule has 80 valence electrons. The highest BCUT2D eigenvalue weighted by Crippen LogP contribution is 2.23. The van der Waals surface area contributed by atoms with Crippen LogP contribution >= 0.6 is 15.9 Å². The van der Waals surface area contributed by atoms with E-state index in [9.17, 15) is 9.59 Å². The lowest BCUT2D eigenvalue weighted by Gasteiger charge is -2.34. The molecule has 0 aliphatic carbocycles.